The van der Waals surface area contributed by atoms with Crippen molar-refractivity contribution in [3.05, 3.63) is 83.7 Å². The second-order valence-electron chi connectivity index (χ2n) is 8.52. The van der Waals surface area contributed by atoms with E-state index in [0.717, 1.165) is 19.8 Å². The smallest absolute Gasteiger partial charge is 0.193 e. The van der Waals surface area contributed by atoms with Gasteiger partial charge in [0.2, 0.25) is 0 Å². The lowest BCUT2D eigenvalue weighted by Gasteiger charge is -2.35. The monoisotopic (exact) mass is 487 g/mol. The van der Waals surface area contributed by atoms with Crippen molar-refractivity contribution in [2.45, 2.75) is 35.9 Å². The molecule has 2 heterocycles. The highest BCUT2D eigenvalue weighted by Crippen LogP contribution is 2.48. The van der Waals surface area contributed by atoms with Crippen LogP contribution < -0.4 is 0 Å². The van der Waals surface area contributed by atoms with E-state index in [-0.39, 0.29) is 18.4 Å². The fourth-order valence-electron chi connectivity index (χ4n) is 4.96. The minimum absolute atomic E-state index is 0.0187. The second kappa shape index (κ2) is 8.89. The molecule has 3 nitrogen and oxygen atoms in total. The maximum atomic E-state index is 9.84. The van der Waals surface area contributed by atoms with Gasteiger partial charge in [0.15, 0.2) is 3.79 Å². The van der Waals surface area contributed by atoms with Gasteiger partial charge in [-0.15, -0.1) is 0 Å². The summed E-state index contributed by atoms with van der Waals surface area (Å²) < 4.78 is 5.90. The Bertz CT molecular complexity index is 1240. The minimum Gasteiger partial charge on any atom is -0.396 e. The topological polar surface area (TPSA) is 34.4 Å². The third kappa shape index (κ3) is 4.13. The number of hydrogen-bond acceptors (Lipinski definition) is 2. The lowest BCUT2D eigenvalue weighted by Crippen LogP contribution is -2.30. The highest BCUT2D eigenvalue weighted by Gasteiger charge is 2.39. The molecule has 2 atom stereocenters. The molecule has 0 saturated heterocycles. The van der Waals surface area contributed by atoms with Crippen LogP contribution >= 0.6 is 34.8 Å². The van der Waals surface area contributed by atoms with Gasteiger partial charge in [0.05, 0.1) is 6.61 Å². The number of alkyl halides is 3. The van der Waals surface area contributed by atoms with E-state index in [0.29, 0.717) is 6.42 Å². The molecular formula is C26H24Cl3NO2. The Labute approximate surface area is 202 Å². The van der Waals surface area contributed by atoms with Crippen molar-refractivity contribution in [3.8, 4) is 0 Å². The Morgan fingerprint density at radius 1 is 0.938 bits per heavy atom. The van der Waals surface area contributed by atoms with Gasteiger partial charge in [-0.1, -0.05) is 83.3 Å². The van der Waals surface area contributed by atoms with E-state index in [4.69, 9.17) is 39.5 Å². The van der Waals surface area contributed by atoms with Crippen molar-refractivity contribution in [2.24, 2.45) is 5.92 Å². The van der Waals surface area contributed by atoms with Crippen LogP contribution in [0.1, 0.15) is 29.2 Å². The zero-order valence-corrected chi connectivity index (χ0v) is 19.7. The number of fused-ring (bicyclic) bond motifs is 6. The van der Waals surface area contributed by atoms with E-state index in [1.54, 1.807) is 0 Å². The van der Waals surface area contributed by atoms with Gasteiger partial charge in [-0.3, -0.25) is 0 Å². The second-order valence-corrected chi connectivity index (χ2v) is 10.9. The fourth-order valence-corrected chi connectivity index (χ4v) is 5.45. The number of aliphatic hydroxyl groups is 1. The van der Waals surface area contributed by atoms with Crippen LogP contribution in [-0.2, 0) is 24.5 Å². The number of aliphatic hydroxyl groups excluding tert-OH is 1. The maximum absolute atomic E-state index is 9.84. The van der Waals surface area contributed by atoms with Gasteiger partial charge in [-0.25, -0.2) is 0 Å². The van der Waals surface area contributed by atoms with Crippen LogP contribution in [0.3, 0.4) is 0 Å². The first-order valence-corrected chi connectivity index (χ1v) is 11.9. The third-order valence-corrected chi connectivity index (χ3v) is 7.55. The van der Waals surface area contributed by atoms with Gasteiger partial charge in [-0.2, -0.15) is 0 Å². The van der Waals surface area contributed by atoms with Crippen LogP contribution in [0.2, 0.25) is 0 Å². The molecule has 0 bridgehead atoms. The Kier molecular flexibility index (Phi) is 6.13. The Hall–Kier alpha value is -1.75. The molecule has 166 valence electrons. The molecule has 3 aromatic carbocycles. The van der Waals surface area contributed by atoms with E-state index in [9.17, 15) is 5.11 Å². The van der Waals surface area contributed by atoms with Gasteiger partial charge in [0.25, 0.3) is 0 Å². The maximum Gasteiger partial charge on any atom is 0.193 e. The first-order chi connectivity index (χ1) is 15.5. The van der Waals surface area contributed by atoms with Crippen LogP contribution in [0.4, 0.5) is 0 Å². The summed E-state index contributed by atoms with van der Waals surface area (Å²) in [6, 6.07) is 21.1. The predicted molar refractivity (Wildman–Crippen MR) is 133 cm³/mol. The summed E-state index contributed by atoms with van der Waals surface area (Å²) in [5.74, 6) is -0.0746. The molecule has 2 unspecified atom stereocenters. The highest BCUT2D eigenvalue weighted by molar-refractivity contribution is 6.67. The van der Waals surface area contributed by atoms with Crippen LogP contribution in [0, 0.1) is 5.92 Å². The number of nitrogens with zero attached hydrogens (tertiary/aromatic N) is 1. The minimum atomic E-state index is -1.32. The summed E-state index contributed by atoms with van der Waals surface area (Å²) in [6.45, 7) is 1.60. The molecule has 1 aliphatic heterocycles. The van der Waals surface area contributed by atoms with Gasteiger partial charge in [0, 0.05) is 30.3 Å². The average molecular weight is 489 g/mol. The molecule has 0 radical (unpaired) electrons. The molecule has 2 aliphatic rings. The van der Waals surface area contributed by atoms with Crippen molar-refractivity contribution >= 4 is 56.3 Å². The van der Waals surface area contributed by atoms with Gasteiger partial charge in [0.1, 0.15) is 6.73 Å². The first kappa shape index (κ1) is 22.1. The number of ether oxygens (including phenoxy) is 1. The van der Waals surface area contributed by atoms with E-state index < -0.39 is 3.79 Å². The van der Waals surface area contributed by atoms with E-state index in [1.807, 2.05) is 18.3 Å². The SMILES string of the molecule is OCC1CC(C(Cl)(Cl)Cl)Cc2c1ccc1c2ccc2ccccc21.c1cc2n(c1)COC2. The number of rotatable bonds is 1. The van der Waals surface area contributed by atoms with Crippen molar-refractivity contribution in [1.29, 1.82) is 0 Å². The van der Waals surface area contributed by atoms with Gasteiger partial charge in [-0.05, 0) is 57.6 Å². The van der Waals surface area contributed by atoms with Crippen LogP contribution in [0.15, 0.2) is 66.9 Å². The lowest BCUT2D eigenvalue weighted by molar-refractivity contribution is 0.108. The quantitative estimate of drug-likeness (QED) is 0.232. The molecule has 1 N–H and O–H groups in total. The van der Waals surface area contributed by atoms with Crippen LogP contribution in [-0.4, -0.2) is 20.1 Å². The number of hydrogen-bond donors (Lipinski definition) is 1. The Balaban J connectivity index is 0.000000225. The molecule has 0 amide bonds. The normalized spacial score (nSPS) is 20.0. The van der Waals surface area contributed by atoms with Gasteiger partial charge < -0.3 is 14.4 Å². The zero-order valence-electron chi connectivity index (χ0n) is 17.5. The summed E-state index contributed by atoms with van der Waals surface area (Å²) in [5, 5.41) is 14.7. The van der Waals surface area contributed by atoms with Crippen molar-refractivity contribution in [2.75, 3.05) is 6.61 Å². The average Bonchev–Trinajstić information content (AvgIpc) is 3.43. The summed E-state index contributed by atoms with van der Waals surface area (Å²) in [5.41, 5.74) is 3.68. The number of aromatic nitrogens is 1. The summed E-state index contributed by atoms with van der Waals surface area (Å²) in [7, 11) is 0. The molecule has 0 saturated carbocycles. The fraction of sp³-hybridized carbons (Fsp3) is 0.308. The summed E-state index contributed by atoms with van der Waals surface area (Å²) >= 11 is 18.6. The molecule has 0 fully saturated rings. The van der Waals surface area contributed by atoms with Crippen molar-refractivity contribution < 1.29 is 9.84 Å². The molecule has 1 aromatic heterocycles. The first-order valence-electron chi connectivity index (χ1n) is 10.8. The van der Waals surface area contributed by atoms with Crippen LogP contribution in [0.5, 0.6) is 0 Å². The van der Waals surface area contributed by atoms with Crippen molar-refractivity contribution in [3.63, 3.8) is 0 Å². The molecule has 6 heteroatoms. The number of halogens is 3. The largest absolute Gasteiger partial charge is 0.396 e. The van der Waals surface area contributed by atoms with Crippen molar-refractivity contribution in [1.82, 2.24) is 4.57 Å². The van der Waals surface area contributed by atoms with Gasteiger partial charge >= 0.3 is 0 Å². The molecule has 1 aliphatic carbocycles. The Morgan fingerprint density at radius 3 is 2.53 bits per heavy atom. The van der Waals surface area contributed by atoms with E-state index in [2.05, 4.69) is 53.1 Å². The van der Waals surface area contributed by atoms with Crippen LogP contribution in [0.25, 0.3) is 21.5 Å². The highest BCUT2D eigenvalue weighted by atomic mass is 35.6. The number of benzene rings is 3. The third-order valence-electron chi connectivity index (χ3n) is 6.62. The molecule has 6 rings (SSSR count). The lowest BCUT2D eigenvalue weighted by atomic mass is 9.75. The Morgan fingerprint density at radius 2 is 1.75 bits per heavy atom. The summed E-state index contributed by atoms with van der Waals surface area (Å²) in [6.07, 6.45) is 3.44. The molecule has 32 heavy (non-hydrogen) atoms. The molecular weight excluding hydrogens is 465 g/mol. The van der Waals surface area contributed by atoms with E-state index in [1.165, 1.54) is 38.4 Å². The molecule has 4 aromatic rings. The molecule has 0 spiro atoms. The summed E-state index contributed by atoms with van der Waals surface area (Å²) in [4.78, 5) is 0. The predicted octanol–water partition coefficient (Wildman–Crippen LogP) is 6.98. The zero-order chi connectivity index (χ0) is 22.3. The van der Waals surface area contributed by atoms with E-state index >= 15 is 0 Å². The standard InChI is InChI=1S/C20H17Cl3O.C6H7NO/c21-20(22,23)14-9-13(11-24)16-7-8-17-15-4-2-1-3-12(15)5-6-18(17)19(16)10-14;1-2-6-4-8-5-7(6)3-1/h1-8,13-14,24H,9-11H2;1-3H,4-5H2.